The van der Waals surface area contributed by atoms with Crippen LogP contribution in [-0.2, 0) is 16.8 Å². The molecule has 34 heavy (non-hydrogen) atoms. The maximum absolute atomic E-state index is 14.5. The number of benzene rings is 1. The van der Waals surface area contributed by atoms with Crippen molar-refractivity contribution in [3.63, 3.8) is 0 Å². The Morgan fingerprint density at radius 3 is 2.47 bits per heavy atom. The number of aryl methyl sites for hydroxylation is 1. The Hall–Kier alpha value is -2.15. The number of carboxylic acid groups (broad SMARTS) is 1. The molecule has 1 heterocycles. The van der Waals surface area contributed by atoms with Crippen molar-refractivity contribution >= 4 is 23.6 Å². The Labute approximate surface area is 203 Å². The lowest BCUT2D eigenvalue weighted by Crippen LogP contribution is -2.78. The van der Waals surface area contributed by atoms with Crippen molar-refractivity contribution < 1.29 is 23.5 Å². The molecule has 6 rings (SSSR count). The van der Waals surface area contributed by atoms with Gasteiger partial charge < -0.3 is 10.4 Å². The van der Waals surface area contributed by atoms with E-state index in [4.69, 9.17) is 11.6 Å². The van der Waals surface area contributed by atoms with Crippen molar-refractivity contribution in [3.05, 3.63) is 46.1 Å². The van der Waals surface area contributed by atoms with E-state index in [0.717, 1.165) is 18.4 Å². The first-order valence-corrected chi connectivity index (χ1v) is 12.3. The summed E-state index contributed by atoms with van der Waals surface area (Å²) in [6, 6.07) is 5.30. The number of fused-ring (bicyclic) bond motifs is 1. The van der Waals surface area contributed by atoms with Gasteiger partial charge in [-0.05, 0) is 66.7 Å². The van der Waals surface area contributed by atoms with E-state index in [9.17, 15) is 23.5 Å². The van der Waals surface area contributed by atoms with E-state index < -0.39 is 34.8 Å². The van der Waals surface area contributed by atoms with Crippen molar-refractivity contribution in [1.29, 1.82) is 0 Å². The van der Waals surface area contributed by atoms with Crippen molar-refractivity contribution in [2.75, 3.05) is 0 Å². The van der Waals surface area contributed by atoms with Crippen molar-refractivity contribution in [1.82, 2.24) is 10.2 Å². The molecule has 184 valence electrons. The highest BCUT2D eigenvalue weighted by molar-refractivity contribution is 6.31. The maximum atomic E-state index is 14.5. The number of carbonyl (C=O) groups is 2. The lowest BCUT2D eigenvalue weighted by Gasteiger charge is -2.71. The van der Waals surface area contributed by atoms with E-state index in [-0.39, 0.29) is 24.3 Å². The highest BCUT2D eigenvalue weighted by Crippen LogP contribution is 2.70. The van der Waals surface area contributed by atoms with E-state index in [1.807, 2.05) is 18.2 Å². The van der Waals surface area contributed by atoms with Crippen LogP contribution in [0.25, 0.3) is 0 Å². The molecule has 1 aliphatic heterocycles. The summed E-state index contributed by atoms with van der Waals surface area (Å²) in [5.41, 5.74) is -0.0479. The number of carboxylic acids is 1. The van der Waals surface area contributed by atoms with Crippen LogP contribution in [-0.4, -0.2) is 33.5 Å². The zero-order valence-corrected chi connectivity index (χ0v) is 20.6. The van der Waals surface area contributed by atoms with Crippen molar-refractivity contribution in [3.8, 4) is 0 Å². The molecule has 4 saturated carbocycles. The summed E-state index contributed by atoms with van der Waals surface area (Å²) in [5.74, 6) is -3.71. The van der Waals surface area contributed by atoms with Gasteiger partial charge in [0, 0.05) is 24.1 Å². The van der Waals surface area contributed by atoms with Crippen LogP contribution >= 0.6 is 11.6 Å². The van der Waals surface area contributed by atoms with Crippen molar-refractivity contribution in [2.24, 2.45) is 10.8 Å². The number of carbonyl (C=O) groups excluding carboxylic acids is 1. The predicted molar refractivity (Wildman–Crippen MR) is 125 cm³/mol. The third-order valence-electron chi connectivity index (χ3n) is 8.34. The summed E-state index contributed by atoms with van der Waals surface area (Å²) >= 11 is 6.64. The Balaban J connectivity index is 1.47. The molecule has 0 radical (unpaired) electrons. The van der Waals surface area contributed by atoms with Gasteiger partial charge in [0.2, 0.25) is 0 Å². The minimum absolute atomic E-state index is 0.0785. The molecule has 0 unspecified atom stereocenters. The van der Waals surface area contributed by atoms with Gasteiger partial charge in [-0.3, -0.25) is 9.69 Å². The first kappa shape index (κ1) is 23.6. The number of alkyl halides is 2. The van der Waals surface area contributed by atoms with E-state index in [2.05, 4.69) is 26.1 Å². The van der Waals surface area contributed by atoms with Gasteiger partial charge in [0.05, 0.1) is 16.5 Å². The number of halogens is 3. The standard InChI is InChI=1S/C26H31ClF2N2O3/c1-22(2,3)7-6-16-4-5-17(10-19(16)27)26-9-8-25(28,29)11-18(26)12-31(21(34)30-26)24-13-23(14-24,15-24)20(32)33/h4-5,10,12H,6-9,11,13-15H2,1-3H3,(H,30,34)(H,32,33)/t23?,24?,26-/m0/s1. The molecule has 1 aromatic rings. The van der Waals surface area contributed by atoms with Gasteiger partial charge in [-0.25, -0.2) is 13.6 Å². The van der Waals surface area contributed by atoms with Crippen LogP contribution in [0.4, 0.5) is 13.6 Å². The van der Waals surface area contributed by atoms with Gasteiger partial charge >= 0.3 is 12.0 Å². The van der Waals surface area contributed by atoms with Crippen LogP contribution in [0.15, 0.2) is 30.0 Å². The summed E-state index contributed by atoms with van der Waals surface area (Å²) in [7, 11) is 0. The minimum Gasteiger partial charge on any atom is -0.481 e. The first-order valence-electron chi connectivity index (χ1n) is 11.9. The quantitative estimate of drug-likeness (QED) is 0.510. The highest BCUT2D eigenvalue weighted by Gasteiger charge is 2.75. The average Bonchev–Trinajstić information content (AvgIpc) is 2.64. The molecule has 0 saturated heterocycles. The largest absolute Gasteiger partial charge is 0.481 e. The molecule has 2 N–H and O–H groups in total. The molecule has 5 nitrogen and oxygen atoms in total. The van der Waals surface area contributed by atoms with Crippen LogP contribution < -0.4 is 5.32 Å². The maximum Gasteiger partial charge on any atom is 0.322 e. The third kappa shape index (κ3) is 3.53. The number of amides is 2. The number of nitrogens with one attached hydrogen (secondary N) is 1. The molecule has 1 atom stereocenters. The smallest absolute Gasteiger partial charge is 0.322 e. The zero-order chi connectivity index (χ0) is 24.7. The lowest BCUT2D eigenvalue weighted by atomic mass is 9.38. The lowest BCUT2D eigenvalue weighted by molar-refractivity contribution is -0.215. The molecule has 5 aliphatic rings. The van der Waals surface area contributed by atoms with E-state index in [1.165, 1.54) is 4.90 Å². The van der Waals surface area contributed by atoms with Gasteiger partial charge in [-0.2, -0.15) is 0 Å². The monoisotopic (exact) mass is 492 g/mol. The molecule has 2 bridgehead atoms. The Morgan fingerprint density at radius 1 is 1.21 bits per heavy atom. The summed E-state index contributed by atoms with van der Waals surface area (Å²) in [5, 5.41) is 13.1. The van der Waals surface area contributed by atoms with E-state index in [0.29, 0.717) is 35.4 Å². The number of rotatable bonds is 5. The number of nitrogens with zero attached hydrogens (tertiary/aromatic N) is 1. The number of urea groups is 1. The summed E-state index contributed by atoms with van der Waals surface area (Å²) in [6.45, 7) is 6.50. The first-order chi connectivity index (χ1) is 15.7. The molecule has 0 aromatic heterocycles. The topological polar surface area (TPSA) is 69.6 Å². The van der Waals surface area contributed by atoms with Gasteiger partial charge in [-0.15, -0.1) is 0 Å². The Bertz CT molecular complexity index is 1090. The molecule has 4 aliphatic carbocycles. The Kier molecular flexibility index (Phi) is 4.98. The van der Waals surface area contributed by atoms with Crippen molar-refractivity contribution in [2.45, 2.75) is 89.1 Å². The molecule has 2 amide bonds. The van der Waals surface area contributed by atoms with E-state index in [1.54, 1.807) is 6.20 Å². The predicted octanol–water partition coefficient (Wildman–Crippen LogP) is 6.25. The van der Waals surface area contributed by atoms with Crippen LogP contribution in [0.5, 0.6) is 0 Å². The fraction of sp³-hybridized carbons (Fsp3) is 0.615. The molecular weight excluding hydrogens is 462 g/mol. The Morgan fingerprint density at radius 2 is 1.88 bits per heavy atom. The van der Waals surface area contributed by atoms with Crippen LogP contribution in [0.3, 0.4) is 0 Å². The van der Waals surface area contributed by atoms with Crippen LogP contribution in [0.2, 0.25) is 5.02 Å². The summed E-state index contributed by atoms with van der Waals surface area (Å²) < 4.78 is 29.1. The second-order valence-corrected chi connectivity index (χ2v) is 12.5. The van der Waals surface area contributed by atoms with Gasteiger partial charge in [0.15, 0.2) is 0 Å². The number of aliphatic carboxylic acids is 1. The van der Waals surface area contributed by atoms with Gasteiger partial charge in [-0.1, -0.05) is 44.5 Å². The minimum atomic E-state index is -2.86. The second kappa shape index (κ2) is 7.19. The van der Waals surface area contributed by atoms with Gasteiger partial charge in [0.25, 0.3) is 5.92 Å². The number of hydrogen-bond acceptors (Lipinski definition) is 2. The SMILES string of the molecule is CC(C)(C)CCc1ccc([C@@]23CCC(F)(F)CC2=CN(C24CC(C(=O)O)(C2)C4)C(=O)N3)cc1Cl. The van der Waals surface area contributed by atoms with Crippen LogP contribution in [0, 0.1) is 10.8 Å². The van der Waals surface area contributed by atoms with E-state index >= 15 is 0 Å². The molecule has 8 heteroatoms. The third-order valence-corrected chi connectivity index (χ3v) is 8.70. The molecule has 0 spiro atoms. The fourth-order valence-corrected chi connectivity index (χ4v) is 6.58. The summed E-state index contributed by atoms with van der Waals surface area (Å²) in [6.07, 6.45) is 3.74. The van der Waals surface area contributed by atoms with Crippen LogP contribution in [0.1, 0.15) is 76.8 Å². The highest BCUT2D eigenvalue weighted by atomic mass is 35.5. The zero-order valence-electron chi connectivity index (χ0n) is 19.8. The average molecular weight is 493 g/mol. The normalized spacial score (nSPS) is 33.8. The molecule has 1 aromatic carbocycles. The second-order valence-electron chi connectivity index (χ2n) is 12.1. The molecular formula is C26H31ClF2N2O3. The summed E-state index contributed by atoms with van der Waals surface area (Å²) in [4.78, 5) is 26.3. The van der Waals surface area contributed by atoms with Gasteiger partial charge in [0.1, 0.15) is 0 Å². The molecule has 4 fully saturated rings. The number of hydrogen-bond donors (Lipinski definition) is 2. The fourth-order valence-electron chi connectivity index (χ4n) is 6.30.